The second-order valence-electron chi connectivity index (χ2n) is 14.4. The molecule has 0 saturated carbocycles. The normalized spacial score (nSPS) is 18.7. The summed E-state index contributed by atoms with van der Waals surface area (Å²) >= 11 is 0. The molecule has 3 aromatic rings. The van der Waals surface area contributed by atoms with Crippen LogP contribution in [0.3, 0.4) is 0 Å². The molecule has 236 valence electrons. The lowest BCUT2D eigenvalue weighted by atomic mass is 9.78. The standard InChI is InChI=1S/C34H46FN7O2/c1-22(33(5,6)7)17-20-34(8)37-29(24-13-15-26(35)16-14-24)31(44)42(34)27(18-19-32(2,3)4)23-9-11-25(12-10-23)30(43)36-21-28-38-40-41-39-28/h9-16,22,27H,17-21H2,1-8H3,(H,36,43)(H,38,39,40,41)/t22?,27-,34?/m1/s1. The predicted molar refractivity (Wildman–Crippen MR) is 169 cm³/mol. The van der Waals surface area contributed by atoms with Gasteiger partial charge in [-0.15, -0.1) is 10.2 Å². The van der Waals surface area contributed by atoms with Crippen LogP contribution in [-0.4, -0.2) is 48.7 Å². The second-order valence-corrected chi connectivity index (χ2v) is 14.4. The Morgan fingerprint density at radius 3 is 2.25 bits per heavy atom. The molecule has 0 spiro atoms. The Bertz CT molecular complexity index is 1460. The number of H-pyrrole nitrogens is 1. The van der Waals surface area contributed by atoms with Crippen LogP contribution >= 0.6 is 0 Å². The maximum Gasteiger partial charge on any atom is 0.275 e. The SMILES string of the molecule is CC(CCC1(C)N=C(c2ccc(F)cc2)C(=O)N1[C@H](CCC(C)(C)C)c1ccc(C(=O)NCc2nn[nH]n2)cc1)C(C)(C)C. The molecule has 9 nitrogen and oxygen atoms in total. The molecule has 2 aromatic carbocycles. The van der Waals surface area contributed by atoms with Crippen LogP contribution in [0.25, 0.3) is 0 Å². The van der Waals surface area contributed by atoms with Crippen molar-refractivity contribution in [1.29, 1.82) is 0 Å². The van der Waals surface area contributed by atoms with Gasteiger partial charge in [0.25, 0.3) is 11.8 Å². The third kappa shape index (κ3) is 7.95. The quantitative estimate of drug-likeness (QED) is 0.255. The first-order valence-electron chi connectivity index (χ1n) is 15.4. The highest BCUT2D eigenvalue weighted by molar-refractivity contribution is 6.46. The first kappa shape index (κ1) is 33.0. The molecule has 0 saturated heterocycles. The number of aromatic amines is 1. The van der Waals surface area contributed by atoms with E-state index in [4.69, 9.17) is 4.99 Å². The van der Waals surface area contributed by atoms with Crippen molar-refractivity contribution in [1.82, 2.24) is 30.8 Å². The summed E-state index contributed by atoms with van der Waals surface area (Å²) in [6.45, 7) is 17.7. The van der Waals surface area contributed by atoms with Gasteiger partial charge in [0.2, 0.25) is 0 Å². The summed E-state index contributed by atoms with van der Waals surface area (Å²) in [7, 11) is 0. The van der Waals surface area contributed by atoms with Crippen molar-refractivity contribution in [2.24, 2.45) is 21.7 Å². The molecule has 2 unspecified atom stereocenters. The number of amides is 2. The van der Waals surface area contributed by atoms with E-state index in [9.17, 15) is 14.0 Å². The molecule has 1 aliphatic rings. The van der Waals surface area contributed by atoms with Crippen molar-refractivity contribution in [3.05, 3.63) is 76.9 Å². The van der Waals surface area contributed by atoms with E-state index < -0.39 is 5.66 Å². The Hall–Kier alpha value is -3.95. The maximum absolute atomic E-state index is 14.4. The van der Waals surface area contributed by atoms with E-state index in [-0.39, 0.29) is 41.0 Å². The average Bonchev–Trinajstić information content (AvgIpc) is 3.57. The van der Waals surface area contributed by atoms with Crippen LogP contribution in [0.5, 0.6) is 0 Å². The average molecular weight is 604 g/mol. The van der Waals surface area contributed by atoms with Gasteiger partial charge < -0.3 is 10.2 Å². The maximum atomic E-state index is 14.4. The van der Waals surface area contributed by atoms with E-state index in [1.54, 1.807) is 24.3 Å². The zero-order chi connectivity index (χ0) is 32.3. The molecule has 2 heterocycles. The van der Waals surface area contributed by atoms with Crippen molar-refractivity contribution in [3.8, 4) is 0 Å². The molecule has 2 amide bonds. The fourth-order valence-corrected chi connectivity index (χ4v) is 5.44. The predicted octanol–water partition coefficient (Wildman–Crippen LogP) is 6.65. The molecular weight excluding hydrogens is 557 g/mol. The number of hydrogen-bond donors (Lipinski definition) is 2. The number of tetrazole rings is 1. The van der Waals surface area contributed by atoms with E-state index >= 15 is 0 Å². The number of hydrogen-bond acceptors (Lipinski definition) is 6. The van der Waals surface area contributed by atoms with Crippen LogP contribution in [0.15, 0.2) is 53.5 Å². The van der Waals surface area contributed by atoms with Gasteiger partial charge in [0.05, 0.1) is 12.6 Å². The first-order chi connectivity index (χ1) is 20.6. The zero-order valence-electron chi connectivity index (χ0n) is 27.2. The smallest absolute Gasteiger partial charge is 0.275 e. The van der Waals surface area contributed by atoms with Crippen LogP contribution in [0.2, 0.25) is 0 Å². The minimum Gasteiger partial charge on any atom is -0.345 e. The van der Waals surface area contributed by atoms with Crippen LogP contribution < -0.4 is 5.32 Å². The summed E-state index contributed by atoms with van der Waals surface area (Å²) < 4.78 is 13.8. The van der Waals surface area contributed by atoms with Crippen molar-refractivity contribution in [2.75, 3.05) is 0 Å². The Labute approximate surface area is 260 Å². The molecule has 10 heteroatoms. The molecular formula is C34H46FN7O2. The van der Waals surface area contributed by atoms with E-state index in [0.29, 0.717) is 35.0 Å². The molecule has 3 atom stereocenters. The second kappa shape index (κ2) is 13.0. The molecule has 4 rings (SSSR count). The lowest BCUT2D eigenvalue weighted by Gasteiger charge is -2.41. The van der Waals surface area contributed by atoms with Gasteiger partial charge in [-0.2, -0.15) is 5.21 Å². The lowest BCUT2D eigenvalue weighted by Crippen LogP contribution is -2.47. The van der Waals surface area contributed by atoms with Gasteiger partial charge in [-0.25, -0.2) is 4.39 Å². The number of halogens is 1. The number of nitrogens with one attached hydrogen (secondary N) is 2. The molecule has 44 heavy (non-hydrogen) atoms. The van der Waals surface area contributed by atoms with E-state index in [1.807, 2.05) is 24.0 Å². The topological polar surface area (TPSA) is 116 Å². The monoisotopic (exact) mass is 603 g/mol. The van der Waals surface area contributed by atoms with Gasteiger partial charge >= 0.3 is 0 Å². The highest BCUT2D eigenvalue weighted by Crippen LogP contribution is 2.43. The number of carbonyl (C=O) groups excluding carboxylic acids is 2. The van der Waals surface area contributed by atoms with Gasteiger partial charge in [0.1, 0.15) is 17.2 Å². The zero-order valence-corrected chi connectivity index (χ0v) is 27.2. The summed E-state index contributed by atoms with van der Waals surface area (Å²) in [6, 6.07) is 13.1. The molecule has 0 fully saturated rings. The minimum atomic E-state index is -0.802. The highest BCUT2D eigenvalue weighted by Gasteiger charge is 2.48. The van der Waals surface area contributed by atoms with Gasteiger partial charge in [-0.3, -0.25) is 14.6 Å². The number of aromatic nitrogens is 4. The van der Waals surface area contributed by atoms with E-state index in [1.165, 1.54) is 12.1 Å². The highest BCUT2D eigenvalue weighted by atomic mass is 19.1. The van der Waals surface area contributed by atoms with Crippen LogP contribution in [0.1, 0.15) is 114 Å². The van der Waals surface area contributed by atoms with E-state index in [0.717, 1.165) is 24.8 Å². The molecule has 2 N–H and O–H groups in total. The third-order valence-corrected chi connectivity index (χ3v) is 8.77. The van der Waals surface area contributed by atoms with E-state index in [2.05, 4.69) is 74.4 Å². The molecule has 0 radical (unpaired) electrons. The van der Waals surface area contributed by atoms with Crippen molar-refractivity contribution < 1.29 is 14.0 Å². The van der Waals surface area contributed by atoms with Crippen LogP contribution in [0, 0.1) is 22.6 Å². The number of nitrogens with zero attached hydrogens (tertiary/aromatic N) is 5. The Balaban J connectivity index is 1.69. The fourth-order valence-electron chi connectivity index (χ4n) is 5.44. The van der Waals surface area contributed by atoms with Crippen LogP contribution in [-0.2, 0) is 11.3 Å². The Kier molecular flexibility index (Phi) is 9.71. The first-order valence-corrected chi connectivity index (χ1v) is 15.4. The molecule has 1 aromatic heterocycles. The number of carbonyl (C=O) groups is 2. The number of benzene rings is 2. The largest absolute Gasteiger partial charge is 0.345 e. The summed E-state index contributed by atoms with van der Waals surface area (Å²) in [4.78, 5) is 34.3. The van der Waals surface area contributed by atoms with Gasteiger partial charge in [0.15, 0.2) is 5.82 Å². The van der Waals surface area contributed by atoms with Gasteiger partial charge in [-0.1, -0.05) is 65.8 Å². The fraction of sp³-hybridized carbons (Fsp3) is 0.529. The van der Waals surface area contributed by atoms with Crippen molar-refractivity contribution in [2.45, 2.75) is 99.3 Å². The molecule has 1 aliphatic heterocycles. The summed E-state index contributed by atoms with van der Waals surface area (Å²) in [5, 5.41) is 16.4. The van der Waals surface area contributed by atoms with Crippen molar-refractivity contribution in [3.63, 3.8) is 0 Å². The molecule has 0 aliphatic carbocycles. The summed E-state index contributed by atoms with van der Waals surface area (Å²) in [5.74, 6) is 0.0143. The van der Waals surface area contributed by atoms with Crippen LogP contribution in [0.4, 0.5) is 4.39 Å². The number of aliphatic imine (C=N–C) groups is 1. The van der Waals surface area contributed by atoms with Crippen molar-refractivity contribution >= 4 is 17.5 Å². The molecule has 0 bridgehead atoms. The number of rotatable bonds is 11. The third-order valence-electron chi connectivity index (χ3n) is 8.77. The summed E-state index contributed by atoms with van der Waals surface area (Å²) in [6.07, 6.45) is 3.16. The van der Waals surface area contributed by atoms with Gasteiger partial charge in [-0.05, 0) is 91.3 Å². The minimum absolute atomic E-state index is 0.0355. The Morgan fingerprint density at radius 1 is 1.02 bits per heavy atom. The Morgan fingerprint density at radius 2 is 1.68 bits per heavy atom. The summed E-state index contributed by atoms with van der Waals surface area (Å²) in [5.41, 5.74) is 1.73. The lowest BCUT2D eigenvalue weighted by molar-refractivity contribution is -0.131. The van der Waals surface area contributed by atoms with Gasteiger partial charge in [0, 0.05) is 11.1 Å².